The van der Waals surface area contributed by atoms with Gasteiger partial charge in [0.2, 0.25) is 0 Å². The summed E-state index contributed by atoms with van der Waals surface area (Å²) >= 11 is 0. The average molecular weight is 467 g/mol. The van der Waals surface area contributed by atoms with Gasteiger partial charge in [0, 0.05) is 0 Å². The third-order valence-corrected chi connectivity index (χ3v) is 5.57. The van der Waals surface area contributed by atoms with Gasteiger partial charge in [-0.2, -0.15) is 0 Å². The fourth-order valence-corrected chi connectivity index (χ4v) is 4.14. The van der Waals surface area contributed by atoms with E-state index in [1.807, 2.05) is 68.4 Å². The van der Waals surface area contributed by atoms with Gasteiger partial charge in [-0.05, 0) is 80.8 Å². The van der Waals surface area contributed by atoms with Crippen molar-refractivity contribution >= 4 is 5.97 Å². The predicted octanol–water partition coefficient (Wildman–Crippen LogP) is 7.36. The van der Waals surface area contributed by atoms with Crippen molar-refractivity contribution in [2.45, 2.75) is 34.3 Å². The van der Waals surface area contributed by atoms with E-state index in [0.29, 0.717) is 17.9 Å². The number of hydrogen-bond acceptors (Lipinski definition) is 4. The molecule has 0 atom stereocenters. The SMILES string of the molecule is Cc1cc(C)cc(COCOc2ccc(-c3ccc(OC(=O)c4cc(C)cc(C)c4)cc3)cc2)c1. The summed E-state index contributed by atoms with van der Waals surface area (Å²) in [6.45, 7) is 8.80. The molecule has 0 amide bonds. The summed E-state index contributed by atoms with van der Waals surface area (Å²) in [5.41, 5.74) is 8.29. The highest BCUT2D eigenvalue weighted by Crippen LogP contribution is 2.25. The minimum Gasteiger partial charge on any atom is -0.468 e. The Morgan fingerprint density at radius 2 is 1.11 bits per heavy atom. The first-order valence-corrected chi connectivity index (χ1v) is 11.6. The van der Waals surface area contributed by atoms with Crippen molar-refractivity contribution in [3.63, 3.8) is 0 Å². The Morgan fingerprint density at radius 3 is 1.66 bits per heavy atom. The lowest BCUT2D eigenvalue weighted by Gasteiger charge is -2.10. The second-order valence-corrected chi connectivity index (χ2v) is 8.92. The first-order chi connectivity index (χ1) is 16.9. The molecule has 0 aliphatic rings. The lowest BCUT2D eigenvalue weighted by molar-refractivity contribution is 0.00502. The lowest BCUT2D eigenvalue weighted by atomic mass is 10.1. The van der Waals surface area contributed by atoms with Crippen LogP contribution in [-0.4, -0.2) is 12.8 Å². The lowest BCUT2D eigenvalue weighted by Crippen LogP contribution is -2.09. The fourth-order valence-electron chi connectivity index (χ4n) is 4.14. The van der Waals surface area contributed by atoms with Gasteiger partial charge in [0.25, 0.3) is 0 Å². The van der Waals surface area contributed by atoms with Gasteiger partial charge in [-0.3, -0.25) is 0 Å². The third-order valence-electron chi connectivity index (χ3n) is 5.57. The second-order valence-electron chi connectivity index (χ2n) is 8.92. The number of aryl methyl sites for hydroxylation is 4. The summed E-state index contributed by atoms with van der Waals surface area (Å²) in [5.74, 6) is 0.901. The smallest absolute Gasteiger partial charge is 0.343 e. The summed E-state index contributed by atoms with van der Waals surface area (Å²) in [6, 6.07) is 27.4. The van der Waals surface area contributed by atoms with Crippen LogP contribution in [0, 0.1) is 27.7 Å². The van der Waals surface area contributed by atoms with Crippen molar-refractivity contribution in [2.24, 2.45) is 0 Å². The first-order valence-electron chi connectivity index (χ1n) is 11.6. The Bertz CT molecular complexity index is 1260. The molecule has 0 bridgehead atoms. The summed E-state index contributed by atoms with van der Waals surface area (Å²) in [5, 5.41) is 0. The molecule has 178 valence electrons. The van der Waals surface area contributed by atoms with Crippen LogP contribution in [0.5, 0.6) is 11.5 Å². The zero-order valence-electron chi connectivity index (χ0n) is 20.6. The molecule has 0 aromatic heterocycles. The van der Waals surface area contributed by atoms with Gasteiger partial charge >= 0.3 is 5.97 Å². The quantitative estimate of drug-likeness (QED) is 0.118. The topological polar surface area (TPSA) is 44.8 Å². The number of rotatable bonds is 8. The fraction of sp³-hybridized carbons (Fsp3) is 0.194. The molecule has 0 spiro atoms. The molecule has 0 radical (unpaired) electrons. The van der Waals surface area contributed by atoms with E-state index in [1.165, 1.54) is 11.1 Å². The normalized spacial score (nSPS) is 10.7. The summed E-state index contributed by atoms with van der Waals surface area (Å²) in [4.78, 5) is 12.5. The highest BCUT2D eigenvalue weighted by atomic mass is 16.7. The van der Waals surface area contributed by atoms with Gasteiger partial charge in [-0.1, -0.05) is 70.8 Å². The molecule has 0 saturated carbocycles. The van der Waals surface area contributed by atoms with E-state index in [1.54, 1.807) is 12.1 Å². The molecule has 0 heterocycles. The number of hydrogen-bond donors (Lipinski definition) is 0. The van der Waals surface area contributed by atoms with Crippen LogP contribution in [0.3, 0.4) is 0 Å². The number of carbonyl (C=O) groups is 1. The molecule has 0 aliphatic carbocycles. The van der Waals surface area contributed by atoms with Crippen LogP contribution in [0.4, 0.5) is 0 Å². The van der Waals surface area contributed by atoms with Crippen LogP contribution >= 0.6 is 0 Å². The van der Waals surface area contributed by atoms with Crippen molar-refractivity contribution in [1.29, 1.82) is 0 Å². The molecular formula is C31H30O4. The van der Waals surface area contributed by atoms with E-state index >= 15 is 0 Å². The van der Waals surface area contributed by atoms with Gasteiger partial charge in [0.1, 0.15) is 11.5 Å². The summed E-state index contributed by atoms with van der Waals surface area (Å²) in [6.07, 6.45) is 0. The number of carbonyl (C=O) groups excluding carboxylic acids is 1. The molecular weight excluding hydrogens is 436 g/mol. The van der Waals surface area contributed by atoms with Gasteiger partial charge in [-0.25, -0.2) is 4.79 Å². The van der Waals surface area contributed by atoms with Crippen LogP contribution < -0.4 is 9.47 Å². The minimum absolute atomic E-state index is 0.187. The van der Waals surface area contributed by atoms with Gasteiger partial charge in [0.15, 0.2) is 6.79 Å². The standard InChI is InChI=1S/C31H30O4/c1-21-13-22(2)16-25(15-21)19-33-20-34-29-9-5-26(6-10-29)27-7-11-30(12-8-27)35-31(32)28-17-23(3)14-24(4)18-28/h5-18H,19-20H2,1-4H3. The Balaban J connectivity index is 1.29. The van der Waals surface area contributed by atoms with Crippen LogP contribution in [0.1, 0.15) is 38.2 Å². The van der Waals surface area contributed by atoms with Crippen LogP contribution in [0.2, 0.25) is 0 Å². The van der Waals surface area contributed by atoms with E-state index in [-0.39, 0.29) is 12.8 Å². The van der Waals surface area contributed by atoms with Crippen LogP contribution in [0.15, 0.2) is 84.9 Å². The zero-order valence-corrected chi connectivity index (χ0v) is 20.6. The third kappa shape index (κ3) is 6.81. The highest BCUT2D eigenvalue weighted by molar-refractivity contribution is 5.91. The van der Waals surface area contributed by atoms with Crippen LogP contribution in [0.25, 0.3) is 11.1 Å². The summed E-state index contributed by atoms with van der Waals surface area (Å²) in [7, 11) is 0. The molecule has 0 saturated heterocycles. The molecule has 4 nitrogen and oxygen atoms in total. The predicted molar refractivity (Wildman–Crippen MR) is 139 cm³/mol. The van der Waals surface area contributed by atoms with Crippen molar-refractivity contribution in [1.82, 2.24) is 0 Å². The van der Waals surface area contributed by atoms with E-state index in [9.17, 15) is 4.79 Å². The number of ether oxygens (including phenoxy) is 3. The maximum Gasteiger partial charge on any atom is 0.343 e. The molecule has 4 rings (SSSR count). The van der Waals surface area contributed by atoms with E-state index in [2.05, 4.69) is 32.0 Å². The molecule has 35 heavy (non-hydrogen) atoms. The van der Waals surface area contributed by atoms with Crippen LogP contribution in [-0.2, 0) is 11.3 Å². The highest BCUT2D eigenvalue weighted by Gasteiger charge is 2.10. The minimum atomic E-state index is -0.356. The average Bonchev–Trinajstić information content (AvgIpc) is 2.81. The molecule has 0 N–H and O–H groups in total. The van der Waals surface area contributed by atoms with E-state index in [0.717, 1.165) is 33.6 Å². The molecule has 0 aliphatic heterocycles. The summed E-state index contributed by atoms with van der Waals surface area (Å²) < 4.78 is 16.9. The molecule has 0 unspecified atom stereocenters. The number of esters is 1. The van der Waals surface area contributed by atoms with Crippen molar-refractivity contribution < 1.29 is 19.0 Å². The Labute approximate surface area is 207 Å². The number of benzene rings is 4. The zero-order chi connectivity index (χ0) is 24.8. The molecule has 0 fully saturated rings. The van der Waals surface area contributed by atoms with Gasteiger partial charge in [0.05, 0.1) is 12.2 Å². The molecule has 4 heteroatoms. The Hall–Kier alpha value is -3.89. The van der Waals surface area contributed by atoms with Crippen molar-refractivity contribution in [3.05, 3.63) is 118 Å². The Kier molecular flexibility index (Phi) is 7.64. The van der Waals surface area contributed by atoms with Gasteiger partial charge < -0.3 is 14.2 Å². The monoisotopic (exact) mass is 466 g/mol. The Morgan fingerprint density at radius 1 is 0.629 bits per heavy atom. The van der Waals surface area contributed by atoms with Crippen molar-refractivity contribution in [2.75, 3.05) is 6.79 Å². The maximum absolute atomic E-state index is 12.5. The molecule has 4 aromatic carbocycles. The second kappa shape index (κ2) is 11.0. The molecule has 4 aromatic rings. The maximum atomic E-state index is 12.5. The first kappa shape index (κ1) is 24.2. The van der Waals surface area contributed by atoms with Crippen molar-refractivity contribution in [3.8, 4) is 22.6 Å². The van der Waals surface area contributed by atoms with Gasteiger partial charge in [-0.15, -0.1) is 0 Å². The van der Waals surface area contributed by atoms with E-state index < -0.39 is 0 Å². The largest absolute Gasteiger partial charge is 0.468 e. The van der Waals surface area contributed by atoms with E-state index in [4.69, 9.17) is 14.2 Å².